The van der Waals surface area contributed by atoms with E-state index < -0.39 is 11.4 Å². The summed E-state index contributed by atoms with van der Waals surface area (Å²) >= 11 is 0. The maximum Gasteiger partial charge on any atom is 0.422 e. The van der Waals surface area contributed by atoms with E-state index in [-0.39, 0.29) is 5.39 Å². The Labute approximate surface area is 108 Å². The summed E-state index contributed by atoms with van der Waals surface area (Å²) in [5, 5.41) is 8.80. The highest BCUT2D eigenvalue weighted by atomic mass is 16.5. The summed E-state index contributed by atoms with van der Waals surface area (Å²) in [5.74, 6) is -0.192. The lowest BCUT2D eigenvalue weighted by Gasteiger charge is -2.08. The monoisotopic (exact) mass is 260 g/mol. The summed E-state index contributed by atoms with van der Waals surface area (Å²) in [6.07, 6.45) is 0.856. The molecule has 0 fully saturated rings. The quantitative estimate of drug-likeness (QED) is 0.773. The van der Waals surface area contributed by atoms with Gasteiger partial charge < -0.3 is 9.15 Å². The molecule has 0 radical (unpaired) electrons. The number of aryl methyl sites for hydroxylation is 1. The van der Waals surface area contributed by atoms with Crippen molar-refractivity contribution in [3.63, 3.8) is 0 Å². The Balaban J connectivity index is 2.60. The van der Waals surface area contributed by atoms with E-state index in [4.69, 9.17) is 10.00 Å². The minimum atomic E-state index is -0.708. The molecule has 0 aliphatic carbocycles. The van der Waals surface area contributed by atoms with Crippen LogP contribution in [0.1, 0.15) is 12.8 Å². The molecule has 0 aliphatic heterocycles. The summed E-state index contributed by atoms with van der Waals surface area (Å²) in [4.78, 5) is 23.3. The topological polar surface area (TPSA) is 85.2 Å². The second kappa shape index (κ2) is 5.40. The Hall–Kier alpha value is -2.55. The van der Waals surface area contributed by atoms with Crippen LogP contribution < -0.4 is 16.1 Å². The largest absolute Gasteiger partial charge is 0.497 e. The van der Waals surface area contributed by atoms with Crippen molar-refractivity contribution >= 4 is 10.9 Å². The van der Waals surface area contributed by atoms with E-state index in [1.165, 1.54) is 17.7 Å². The minimum Gasteiger partial charge on any atom is -0.497 e. The molecule has 19 heavy (non-hydrogen) atoms. The Bertz CT molecular complexity index is 752. The van der Waals surface area contributed by atoms with E-state index >= 15 is 0 Å². The highest BCUT2D eigenvalue weighted by Gasteiger charge is 2.10. The smallest absolute Gasteiger partial charge is 0.422 e. The van der Waals surface area contributed by atoms with Crippen LogP contribution in [0, 0.1) is 11.3 Å². The number of rotatable bonds is 4. The summed E-state index contributed by atoms with van der Waals surface area (Å²) in [6.45, 7) is 0.332. The van der Waals surface area contributed by atoms with Crippen molar-refractivity contribution in [1.29, 1.82) is 5.26 Å². The molecule has 0 unspecified atom stereocenters. The van der Waals surface area contributed by atoms with Gasteiger partial charge in [-0.25, -0.2) is 9.59 Å². The van der Waals surface area contributed by atoms with Crippen LogP contribution in [-0.4, -0.2) is 11.7 Å². The molecule has 1 aromatic carbocycles. The molecule has 2 aromatic rings. The normalized spacial score (nSPS) is 10.3. The predicted molar refractivity (Wildman–Crippen MR) is 68.1 cm³/mol. The first-order valence-electron chi connectivity index (χ1n) is 5.76. The number of aromatic nitrogens is 1. The first-order valence-corrected chi connectivity index (χ1v) is 5.76. The van der Waals surface area contributed by atoms with Gasteiger partial charge in [-0.15, -0.1) is 0 Å². The van der Waals surface area contributed by atoms with Gasteiger partial charge in [0.15, 0.2) is 0 Å². The third-order valence-corrected chi connectivity index (χ3v) is 2.79. The molecule has 1 aromatic heterocycles. The van der Waals surface area contributed by atoms with Gasteiger partial charge >= 0.3 is 11.4 Å². The zero-order chi connectivity index (χ0) is 13.8. The van der Waals surface area contributed by atoms with E-state index in [1.807, 2.05) is 6.07 Å². The average Bonchev–Trinajstić information content (AvgIpc) is 2.42. The van der Waals surface area contributed by atoms with Gasteiger partial charge in [0.1, 0.15) is 5.75 Å². The molecule has 0 amide bonds. The Morgan fingerprint density at radius 1 is 1.42 bits per heavy atom. The molecule has 6 nitrogen and oxygen atoms in total. The standard InChI is InChI=1S/C13H12N2O4/c1-18-9-4-5-11-10(8-9)12(16)19-13(17)15(11)7-3-2-6-14/h4-5,8H,2-3,7H2,1H3. The number of ether oxygens (including phenoxy) is 1. The number of hydrogen-bond acceptors (Lipinski definition) is 5. The van der Waals surface area contributed by atoms with E-state index in [2.05, 4.69) is 4.42 Å². The molecule has 0 aliphatic rings. The van der Waals surface area contributed by atoms with E-state index in [9.17, 15) is 9.59 Å². The molecule has 2 rings (SSSR count). The Kier molecular flexibility index (Phi) is 3.66. The molecule has 6 heteroatoms. The zero-order valence-corrected chi connectivity index (χ0v) is 10.4. The predicted octanol–water partition coefficient (Wildman–Crippen LogP) is 1.27. The van der Waals surface area contributed by atoms with Crippen LogP contribution in [0.4, 0.5) is 0 Å². The molecular formula is C13H12N2O4. The number of nitriles is 1. The van der Waals surface area contributed by atoms with Crippen LogP contribution in [0.5, 0.6) is 5.75 Å². The lowest BCUT2D eigenvalue weighted by atomic mass is 10.2. The number of hydrogen-bond donors (Lipinski definition) is 0. The maximum atomic E-state index is 11.7. The van der Waals surface area contributed by atoms with Crippen molar-refractivity contribution in [1.82, 2.24) is 4.57 Å². The third-order valence-electron chi connectivity index (χ3n) is 2.79. The number of fused-ring (bicyclic) bond motifs is 1. The minimum absolute atomic E-state index is 0.288. The Morgan fingerprint density at radius 2 is 2.21 bits per heavy atom. The van der Waals surface area contributed by atoms with Gasteiger partial charge in [-0.3, -0.25) is 4.57 Å². The first-order chi connectivity index (χ1) is 9.17. The molecule has 1 heterocycles. The van der Waals surface area contributed by atoms with Crippen LogP contribution in [0.3, 0.4) is 0 Å². The van der Waals surface area contributed by atoms with Gasteiger partial charge in [0.25, 0.3) is 0 Å². The summed E-state index contributed by atoms with van der Waals surface area (Å²) in [6, 6.07) is 6.84. The molecule has 98 valence electrons. The molecule has 0 N–H and O–H groups in total. The second-order valence-electron chi connectivity index (χ2n) is 3.95. The number of nitrogens with zero attached hydrogens (tertiary/aromatic N) is 2. The third kappa shape index (κ3) is 2.50. The van der Waals surface area contributed by atoms with Crippen molar-refractivity contribution in [3.05, 3.63) is 39.2 Å². The maximum absolute atomic E-state index is 11.7. The molecule has 0 saturated carbocycles. The van der Waals surface area contributed by atoms with E-state index in [0.29, 0.717) is 30.7 Å². The summed E-state index contributed by atoms with van der Waals surface area (Å²) < 4.78 is 11.1. The zero-order valence-electron chi connectivity index (χ0n) is 10.4. The molecule has 0 atom stereocenters. The van der Waals surface area contributed by atoms with Crippen LogP contribution in [0.25, 0.3) is 10.9 Å². The van der Waals surface area contributed by atoms with Crippen molar-refractivity contribution in [2.75, 3.05) is 7.11 Å². The van der Waals surface area contributed by atoms with Crippen LogP contribution in [-0.2, 0) is 6.54 Å². The van der Waals surface area contributed by atoms with E-state index in [0.717, 1.165) is 0 Å². The van der Waals surface area contributed by atoms with Gasteiger partial charge in [-0.1, -0.05) is 0 Å². The fourth-order valence-electron chi connectivity index (χ4n) is 1.86. The van der Waals surface area contributed by atoms with Gasteiger partial charge in [-0.05, 0) is 24.6 Å². The average molecular weight is 260 g/mol. The number of methoxy groups -OCH3 is 1. The van der Waals surface area contributed by atoms with Gasteiger partial charge in [0, 0.05) is 13.0 Å². The molecule has 0 spiro atoms. The number of benzene rings is 1. The lowest BCUT2D eigenvalue weighted by molar-refractivity contribution is 0.407. The fraction of sp³-hybridized carbons (Fsp3) is 0.308. The van der Waals surface area contributed by atoms with Crippen LogP contribution >= 0.6 is 0 Å². The van der Waals surface area contributed by atoms with Gasteiger partial charge in [0.05, 0.1) is 24.1 Å². The van der Waals surface area contributed by atoms with Crippen molar-refractivity contribution in [2.45, 2.75) is 19.4 Å². The van der Waals surface area contributed by atoms with Crippen LogP contribution in [0.2, 0.25) is 0 Å². The molecule has 0 bridgehead atoms. The van der Waals surface area contributed by atoms with Crippen molar-refractivity contribution in [2.24, 2.45) is 0 Å². The first kappa shape index (κ1) is 12.9. The van der Waals surface area contributed by atoms with Crippen LogP contribution in [0.15, 0.2) is 32.2 Å². The second-order valence-corrected chi connectivity index (χ2v) is 3.95. The highest BCUT2D eigenvalue weighted by molar-refractivity contribution is 5.79. The van der Waals surface area contributed by atoms with Gasteiger partial charge in [-0.2, -0.15) is 5.26 Å². The highest BCUT2D eigenvalue weighted by Crippen LogP contribution is 2.17. The summed E-state index contributed by atoms with van der Waals surface area (Å²) in [5.41, 5.74) is -0.199. The molecule has 0 saturated heterocycles. The summed E-state index contributed by atoms with van der Waals surface area (Å²) in [7, 11) is 1.49. The van der Waals surface area contributed by atoms with E-state index in [1.54, 1.807) is 12.1 Å². The fourth-order valence-corrected chi connectivity index (χ4v) is 1.86. The Morgan fingerprint density at radius 3 is 2.89 bits per heavy atom. The van der Waals surface area contributed by atoms with Gasteiger partial charge in [0.2, 0.25) is 0 Å². The van der Waals surface area contributed by atoms with Crippen molar-refractivity contribution in [3.8, 4) is 11.8 Å². The number of unbranched alkanes of at least 4 members (excludes halogenated alkanes) is 1. The molecular weight excluding hydrogens is 248 g/mol. The van der Waals surface area contributed by atoms with Crippen molar-refractivity contribution < 1.29 is 9.15 Å². The SMILES string of the molecule is COc1ccc2c(c1)c(=O)oc(=O)n2CCCC#N. The lowest BCUT2D eigenvalue weighted by Crippen LogP contribution is -2.25.